The Morgan fingerprint density at radius 1 is 1.29 bits per heavy atom. The molecule has 1 aliphatic rings. The number of anilines is 1. The van der Waals surface area contributed by atoms with Crippen molar-refractivity contribution in [1.82, 2.24) is 4.98 Å². The van der Waals surface area contributed by atoms with Gasteiger partial charge in [0.2, 0.25) is 0 Å². The number of benzene rings is 1. The lowest BCUT2D eigenvalue weighted by Gasteiger charge is -2.25. The highest BCUT2D eigenvalue weighted by Gasteiger charge is 2.31. The number of fused-ring (bicyclic) bond motifs is 1. The summed E-state index contributed by atoms with van der Waals surface area (Å²) in [5.74, 6) is 1.55. The largest absolute Gasteiger partial charge is 0.492 e. The molecule has 0 radical (unpaired) electrons. The van der Waals surface area contributed by atoms with Crippen LogP contribution in [0.25, 0.3) is 10.9 Å². The summed E-state index contributed by atoms with van der Waals surface area (Å²) in [6, 6.07) is 7.59. The van der Waals surface area contributed by atoms with Gasteiger partial charge in [0.05, 0.1) is 16.3 Å². The van der Waals surface area contributed by atoms with Gasteiger partial charge in [0.1, 0.15) is 18.1 Å². The maximum Gasteiger partial charge on any atom is 0.373 e. The smallest absolute Gasteiger partial charge is 0.373 e. The summed E-state index contributed by atoms with van der Waals surface area (Å²) in [6.07, 6.45) is 5.82. The number of aryl methyl sites for hydroxylation is 1. The van der Waals surface area contributed by atoms with Crippen molar-refractivity contribution in [1.29, 1.82) is 0 Å². The van der Waals surface area contributed by atoms with Gasteiger partial charge in [-0.1, -0.05) is 31.7 Å². The zero-order valence-corrected chi connectivity index (χ0v) is 16.8. The number of hydrogen-bond acceptors (Lipinski definition) is 6. The number of carbonyl (C=O) groups excluding carboxylic acids is 3. The van der Waals surface area contributed by atoms with E-state index < -0.39 is 5.41 Å². The van der Waals surface area contributed by atoms with Gasteiger partial charge in [-0.05, 0) is 44.9 Å². The van der Waals surface area contributed by atoms with Crippen molar-refractivity contribution >= 4 is 28.5 Å². The molecular formula is C22H28N2O4. The molecule has 1 heterocycles. The van der Waals surface area contributed by atoms with Gasteiger partial charge in [0.15, 0.2) is 0 Å². The van der Waals surface area contributed by atoms with Crippen LogP contribution < -0.4 is 10.5 Å². The van der Waals surface area contributed by atoms with E-state index in [-0.39, 0.29) is 6.15 Å². The number of rotatable bonds is 6. The molecule has 0 unspecified atom stereocenters. The highest BCUT2D eigenvalue weighted by atomic mass is 16.5. The van der Waals surface area contributed by atoms with Crippen LogP contribution in [0.4, 0.5) is 5.69 Å². The van der Waals surface area contributed by atoms with E-state index >= 15 is 0 Å². The molecule has 1 aromatic heterocycles. The molecule has 0 bridgehead atoms. The molecule has 1 aromatic carbocycles. The lowest BCUT2D eigenvalue weighted by molar-refractivity contribution is -0.191. The Morgan fingerprint density at radius 2 is 1.93 bits per heavy atom. The van der Waals surface area contributed by atoms with Gasteiger partial charge in [-0.25, -0.2) is 0 Å². The Morgan fingerprint density at radius 3 is 2.57 bits per heavy atom. The number of nitrogen functional groups attached to an aromatic ring is 1. The van der Waals surface area contributed by atoms with Crippen LogP contribution in [-0.2, 0) is 14.4 Å². The fourth-order valence-corrected chi connectivity index (χ4v) is 3.63. The molecule has 0 atom stereocenters. The van der Waals surface area contributed by atoms with Crippen LogP contribution in [0.1, 0.15) is 51.6 Å². The Balaban J connectivity index is 0.000000878. The van der Waals surface area contributed by atoms with E-state index in [1.165, 1.54) is 25.7 Å². The van der Waals surface area contributed by atoms with Gasteiger partial charge in [-0.15, -0.1) is 0 Å². The summed E-state index contributed by atoms with van der Waals surface area (Å²) in [5.41, 5.74) is 8.04. The Hall–Kier alpha value is -2.72. The number of carbonyl (C=O) groups is 1. The average Bonchev–Trinajstić information content (AvgIpc) is 3.13. The maximum absolute atomic E-state index is 12.7. The molecule has 6 nitrogen and oxygen atoms in total. The minimum Gasteiger partial charge on any atom is -0.492 e. The van der Waals surface area contributed by atoms with E-state index in [0.717, 1.165) is 16.6 Å². The molecule has 6 heteroatoms. The molecule has 2 N–H and O–H groups in total. The van der Waals surface area contributed by atoms with Crippen LogP contribution in [0, 0.1) is 18.3 Å². The molecule has 0 saturated heterocycles. The molecule has 1 saturated carbocycles. The maximum atomic E-state index is 12.7. The third kappa shape index (κ3) is 5.40. The SMILES string of the molecule is Cc1cc(N)c2c(OCC(C)(C)C(=O)CC3CCCC3)cccc2n1.O=C=O. The first kappa shape index (κ1) is 21.6. The minimum absolute atomic E-state index is 0.250. The number of nitrogens with two attached hydrogens (primary N) is 1. The van der Waals surface area contributed by atoms with Gasteiger partial charge in [0.25, 0.3) is 0 Å². The molecule has 1 aliphatic carbocycles. The number of hydrogen-bond donors (Lipinski definition) is 1. The average molecular weight is 384 g/mol. The standard InChI is InChI=1S/C21H28N2O2.CO2/c1-14-11-16(22)20-17(23-14)9-6-10-18(20)25-13-21(2,3)19(24)12-15-7-4-5-8-15;2-1-3/h6,9-11,15H,4-5,7-8,12-13H2,1-3H3,(H2,22,23);. The first-order chi connectivity index (χ1) is 13.3. The van der Waals surface area contributed by atoms with E-state index in [4.69, 9.17) is 20.1 Å². The summed E-state index contributed by atoms with van der Waals surface area (Å²) < 4.78 is 6.05. The number of Topliss-reactive ketones (excluding diaryl/α,β-unsaturated/α-hetero) is 1. The van der Waals surface area contributed by atoms with E-state index in [2.05, 4.69) is 4.98 Å². The molecule has 2 aromatic rings. The van der Waals surface area contributed by atoms with E-state index in [0.29, 0.717) is 36.2 Å². The Kier molecular flexibility index (Phi) is 7.30. The molecule has 0 spiro atoms. The first-order valence-electron chi connectivity index (χ1n) is 9.59. The normalized spacial score (nSPS) is 14.2. The molecule has 1 fully saturated rings. The van der Waals surface area contributed by atoms with Crippen molar-refractivity contribution in [3.05, 3.63) is 30.0 Å². The predicted molar refractivity (Wildman–Crippen MR) is 107 cm³/mol. The Labute approximate surface area is 165 Å². The van der Waals surface area contributed by atoms with Gasteiger partial charge in [-0.2, -0.15) is 9.59 Å². The van der Waals surface area contributed by atoms with Gasteiger partial charge < -0.3 is 10.5 Å². The summed E-state index contributed by atoms with van der Waals surface area (Å²) in [4.78, 5) is 33.5. The monoisotopic (exact) mass is 384 g/mol. The third-order valence-electron chi connectivity index (χ3n) is 5.25. The summed E-state index contributed by atoms with van der Waals surface area (Å²) in [6.45, 7) is 6.22. The number of aromatic nitrogens is 1. The highest BCUT2D eigenvalue weighted by molar-refractivity contribution is 5.95. The fourth-order valence-electron chi connectivity index (χ4n) is 3.63. The predicted octanol–water partition coefficient (Wildman–Crippen LogP) is 4.10. The van der Waals surface area contributed by atoms with Crippen LogP contribution in [0.5, 0.6) is 5.75 Å². The van der Waals surface area contributed by atoms with Crippen molar-refractivity contribution < 1.29 is 19.1 Å². The number of pyridine rings is 1. The molecule has 0 amide bonds. The molecular weight excluding hydrogens is 356 g/mol. The van der Waals surface area contributed by atoms with Gasteiger partial charge in [0, 0.05) is 17.8 Å². The van der Waals surface area contributed by atoms with Crippen molar-refractivity contribution in [2.24, 2.45) is 11.3 Å². The third-order valence-corrected chi connectivity index (χ3v) is 5.25. The van der Waals surface area contributed by atoms with Gasteiger partial charge >= 0.3 is 6.15 Å². The second-order valence-corrected chi connectivity index (χ2v) is 8.04. The minimum atomic E-state index is -0.502. The van der Waals surface area contributed by atoms with E-state index in [1.807, 2.05) is 45.0 Å². The zero-order valence-electron chi connectivity index (χ0n) is 16.8. The number of nitrogens with zero attached hydrogens (tertiary/aromatic N) is 1. The molecule has 3 rings (SSSR count). The van der Waals surface area contributed by atoms with E-state index in [1.54, 1.807) is 0 Å². The summed E-state index contributed by atoms with van der Waals surface area (Å²) >= 11 is 0. The van der Waals surface area contributed by atoms with Crippen LogP contribution in [0.3, 0.4) is 0 Å². The van der Waals surface area contributed by atoms with Gasteiger partial charge in [-0.3, -0.25) is 9.78 Å². The molecule has 28 heavy (non-hydrogen) atoms. The lowest BCUT2D eigenvalue weighted by Crippen LogP contribution is -2.32. The van der Waals surface area contributed by atoms with Crippen molar-refractivity contribution in [3.63, 3.8) is 0 Å². The number of ether oxygens (including phenoxy) is 1. The first-order valence-corrected chi connectivity index (χ1v) is 9.59. The van der Waals surface area contributed by atoms with Crippen LogP contribution >= 0.6 is 0 Å². The Bertz CT molecular complexity index is 864. The van der Waals surface area contributed by atoms with E-state index in [9.17, 15) is 4.79 Å². The van der Waals surface area contributed by atoms with Crippen molar-refractivity contribution in [3.8, 4) is 5.75 Å². The quantitative estimate of drug-likeness (QED) is 0.805. The highest BCUT2D eigenvalue weighted by Crippen LogP contribution is 2.34. The zero-order chi connectivity index (χ0) is 20.7. The lowest BCUT2D eigenvalue weighted by atomic mass is 9.83. The van der Waals surface area contributed by atoms with Crippen molar-refractivity contribution in [2.45, 2.75) is 52.9 Å². The van der Waals surface area contributed by atoms with Crippen LogP contribution in [-0.4, -0.2) is 23.5 Å². The summed E-state index contributed by atoms with van der Waals surface area (Å²) in [7, 11) is 0. The van der Waals surface area contributed by atoms with Crippen LogP contribution in [0.2, 0.25) is 0 Å². The second-order valence-electron chi connectivity index (χ2n) is 8.04. The fraction of sp³-hybridized carbons (Fsp3) is 0.500. The molecule has 0 aliphatic heterocycles. The molecule has 150 valence electrons. The summed E-state index contributed by atoms with van der Waals surface area (Å²) in [5, 5.41) is 0.826. The van der Waals surface area contributed by atoms with Crippen molar-refractivity contribution in [2.75, 3.05) is 12.3 Å². The number of ketones is 1. The second kappa shape index (κ2) is 9.47. The van der Waals surface area contributed by atoms with Crippen LogP contribution in [0.15, 0.2) is 24.3 Å². The topological polar surface area (TPSA) is 99.3 Å².